The fourth-order valence-corrected chi connectivity index (χ4v) is 4.11. The van der Waals surface area contributed by atoms with E-state index < -0.39 is 5.97 Å². The first-order valence-corrected chi connectivity index (χ1v) is 8.16. The third kappa shape index (κ3) is 2.89. The maximum Gasteiger partial charge on any atom is 0.308 e. The highest BCUT2D eigenvalue weighted by Crippen LogP contribution is 2.37. The molecule has 0 atom stereocenters. The molecule has 0 aliphatic rings. The summed E-state index contributed by atoms with van der Waals surface area (Å²) in [7, 11) is 0. The van der Waals surface area contributed by atoms with Crippen LogP contribution in [-0.2, 0) is 11.2 Å². The van der Waals surface area contributed by atoms with Crippen LogP contribution in [0, 0.1) is 6.92 Å². The Morgan fingerprint density at radius 1 is 1.24 bits per heavy atom. The van der Waals surface area contributed by atoms with Crippen LogP contribution in [0.15, 0.2) is 41.8 Å². The lowest BCUT2D eigenvalue weighted by atomic mass is 10.1. The van der Waals surface area contributed by atoms with Crippen molar-refractivity contribution >= 4 is 28.6 Å². The van der Waals surface area contributed by atoms with Gasteiger partial charge in [-0.25, -0.2) is 4.98 Å². The molecule has 2 aromatic heterocycles. The number of carboxylic acid groups (broad SMARTS) is 1. The zero-order valence-electron chi connectivity index (χ0n) is 11.4. The van der Waals surface area contributed by atoms with E-state index in [1.165, 1.54) is 11.3 Å². The predicted molar refractivity (Wildman–Crippen MR) is 86.9 cm³/mol. The first-order chi connectivity index (χ1) is 10.1. The van der Waals surface area contributed by atoms with Crippen molar-refractivity contribution in [2.75, 3.05) is 0 Å². The van der Waals surface area contributed by atoms with Crippen molar-refractivity contribution in [3.63, 3.8) is 0 Å². The first kappa shape index (κ1) is 14.0. The quantitative estimate of drug-likeness (QED) is 0.772. The molecule has 0 aliphatic heterocycles. The summed E-state index contributed by atoms with van der Waals surface area (Å²) in [5, 5.41) is 12.0. The van der Waals surface area contributed by atoms with Crippen LogP contribution in [-0.4, -0.2) is 16.1 Å². The topological polar surface area (TPSA) is 50.2 Å². The van der Waals surface area contributed by atoms with E-state index in [4.69, 9.17) is 10.1 Å². The van der Waals surface area contributed by atoms with Crippen LogP contribution in [0.25, 0.3) is 21.1 Å². The number of thiazole rings is 1. The molecule has 0 saturated carbocycles. The van der Waals surface area contributed by atoms with E-state index >= 15 is 0 Å². The smallest absolute Gasteiger partial charge is 0.308 e. The maximum atomic E-state index is 11.1. The molecule has 0 radical (unpaired) electrons. The summed E-state index contributed by atoms with van der Waals surface area (Å²) in [6.07, 6.45) is 0.0107. The Labute approximate surface area is 130 Å². The zero-order chi connectivity index (χ0) is 14.8. The number of nitrogens with zero attached hydrogens (tertiary/aromatic N) is 1. The van der Waals surface area contributed by atoms with Gasteiger partial charge in [0.2, 0.25) is 0 Å². The second-order valence-corrected chi connectivity index (χ2v) is 6.68. The number of thiophene rings is 1. The van der Waals surface area contributed by atoms with Crippen molar-refractivity contribution in [3.8, 4) is 21.1 Å². The Morgan fingerprint density at radius 2 is 2.05 bits per heavy atom. The molecule has 106 valence electrons. The van der Waals surface area contributed by atoms with Gasteiger partial charge in [-0.2, -0.15) is 0 Å². The van der Waals surface area contributed by atoms with Crippen LogP contribution in [0.1, 0.15) is 10.4 Å². The summed E-state index contributed by atoms with van der Waals surface area (Å²) in [5.74, 6) is -0.826. The van der Waals surface area contributed by atoms with Crippen molar-refractivity contribution in [2.45, 2.75) is 13.3 Å². The SMILES string of the molecule is Cc1ccccc1-c1nc(-c2cccs2)c(CC(=O)O)s1. The van der Waals surface area contributed by atoms with Gasteiger partial charge in [-0.05, 0) is 23.9 Å². The van der Waals surface area contributed by atoms with Crippen LogP contribution in [0.4, 0.5) is 0 Å². The van der Waals surface area contributed by atoms with E-state index in [0.717, 1.165) is 31.6 Å². The largest absolute Gasteiger partial charge is 0.481 e. The van der Waals surface area contributed by atoms with E-state index in [0.29, 0.717) is 0 Å². The third-order valence-corrected chi connectivity index (χ3v) is 5.10. The molecule has 0 spiro atoms. The first-order valence-electron chi connectivity index (χ1n) is 6.46. The third-order valence-electron chi connectivity index (χ3n) is 3.14. The van der Waals surface area contributed by atoms with Crippen LogP contribution in [0.5, 0.6) is 0 Å². The molecule has 0 fully saturated rings. The van der Waals surface area contributed by atoms with E-state index in [1.807, 2.05) is 48.7 Å². The number of hydrogen-bond donors (Lipinski definition) is 1. The second kappa shape index (κ2) is 5.79. The van der Waals surface area contributed by atoms with Gasteiger partial charge in [-0.15, -0.1) is 22.7 Å². The van der Waals surface area contributed by atoms with Crippen molar-refractivity contribution in [1.82, 2.24) is 4.98 Å². The van der Waals surface area contributed by atoms with Gasteiger partial charge in [0.25, 0.3) is 0 Å². The Bertz CT molecular complexity index is 775. The molecule has 1 N–H and O–H groups in total. The molecule has 5 heteroatoms. The number of hydrogen-bond acceptors (Lipinski definition) is 4. The van der Waals surface area contributed by atoms with E-state index in [2.05, 4.69) is 0 Å². The molecular weight excluding hydrogens is 302 g/mol. The molecule has 0 aliphatic carbocycles. The molecule has 3 rings (SSSR count). The number of aliphatic carboxylic acids is 1. The number of carbonyl (C=O) groups is 1. The predicted octanol–water partition coefficient (Wildman–Crippen LogP) is 4.47. The molecule has 0 saturated heterocycles. The molecule has 3 aromatic rings. The van der Waals surface area contributed by atoms with Gasteiger partial charge in [0.15, 0.2) is 0 Å². The zero-order valence-corrected chi connectivity index (χ0v) is 13.0. The van der Waals surface area contributed by atoms with E-state index in [9.17, 15) is 4.79 Å². The Hall–Kier alpha value is -1.98. The summed E-state index contributed by atoms with van der Waals surface area (Å²) in [4.78, 5) is 17.6. The molecular formula is C16H13NO2S2. The van der Waals surface area contributed by atoms with Crippen LogP contribution >= 0.6 is 22.7 Å². The van der Waals surface area contributed by atoms with E-state index in [-0.39, 0.29) is 6.42 Å². The molecule has 2 heterocycles. The summed E-state index contributed by atoms with van der Waals surface area (Å²) in [5.41, 5.74) is 3.01. The lowest BCUT2D eigenvalue weighted by molar-refractivity contribution is -0.136. The van der Waals surface area contributed by atoms with Crippen molar-refractivity contribution in [3.05, 3.63) is 52.2 Å². The molecule has 3 nitrogen and oxygen atoms in total. The molecule has 21 heavy (non-hydrogen) atoms. The summed E-state index contributed by atoms with van der Waals surface area (Å²) < 4.78 is 0. The molecule has 0 bridgehead atoms. The average molecular weight is 315 g/mol. The van der Waals surface area contributed by atoms with Gasteiger partial charge in [0.05, 0.1) is 17.0 Å². The number of aromatic nitrogens is 1. The second-order valence-electron chi connectivity index (χ2n) is 4.65. The van der Waals surface area contributed by atoms with E-state index in [1.54, 1.807) is 11.3 Å². The van der Waals surface area contributed by atoms with Crippen LogP contribution < -0.4 is 0 Å². The molecule has 0 amide bonds. The lowest BCUT2D eigenvalue weighted by Crippen LogP contribution is -1.98. The maximum absolute atomic E-state index is 11.1. The summed E-state index contributed by atoms with van der Waals surface area (Å²) >= 11 is 3.05. The van der Waals surface area contributed by atoms with Crippen LogP contribution in [0.2, 0.25) is 0 Å². The van der Waals surface area contributed by atoms with Gasteiger partial charge < -0.3 is 5.11 Å². The molecule has 1 aromatic carbocycles. The van der Waals surface area contributed by atoms with Crippen molar-refractivity contribution in [1.29, 1.82) is 0 Å². The highest BCUT2D eigenvalue weighted by atomic mass is 32.1. The molecule has 0 unspecified atom stereocenters. The fourth-order valence-electron chi connectivity index (χ4n) is 2.14. The number of benzene rings is 1. The minimum atomic E-state index is -0.826. The number of aryl methyl sites for hydroxylation is 1. The minimum absolute atomic E-state index is 0.0107. The lowest BCUT2D eigenvalue weighted by Gasteiger charge is -2.00. The number of carboxylic acids is 1. The number of rotatable bonds is 4. The highest BCUT2D eigenvalue weighted by molar-refractivity contribution is 7.17. The highest BCUT2D eigenvalue weighted by Gasteiger charge is 2.18. The van der Waals surface area contributed by atoms with Crippen molar-refractivity contribution in [2.24, 2.45) is 0 Å². The Balaban J connectivity index is 2.12. The summed E-state index contributed by atoms with van der Waals surface area (Å²) in [6, 6.07) is 12.0. The normalized spacial score (nSPS) is 10.7. The van der Waals surface area contributed by atoms with Gasteiger partial charge in [0.1, 0.15) is 5.01 Å². The van der Waals surface area contributed by atoms with Gasteiger partial charge in [0, 0.05) is 10.4 Å². The Kier molecular flexibility index (Phi) is 3.86. The Morgan fingerprint density at radius 3 is 2.71 bits per heavy atom. The monoisotopic (exact) mass is 315 g/mol. The van der Waals surface area contributed by atoms with Crippen LogP contribution in [0.3, 0.4) is 0 Å². The standard InChI is InChI=1S/C16H13NO2S2/c1-10-5-2-3-6-11(10)16-17-15(12-7-4-8-20-12)13(21-16)9-14(18)19/h2-8H,9H2,1H3,(H,18,19). The van der Waals surface area contributed by atoms with Crippen molar-refractivity contribution < 1.29 is 9.90 Å². The fraction of sp³-hybridized carbons (Fsp3) is 0.125. The minimum Gasteiger partial charge on any atom is -0.481 e. The van der Waals surface area contributed by atoms with Gasteiger partial charge in [-0.3, -0.25) is 4.79 Å². The van der Waals surface area contributed by atoms with Gasteiger partial charge in [-0.1, -0.05) is 30.3 Å². The summed E-state index contributed by atoms with van der Waals surface area (Å²) in [6.45, 7) is 2.04. The average Bonchev–Trinajstić information content (AvgIpc) is 3.07. The van der Waals surface area contributed by atoms with Gasteiger partial charge >= 0.3 is 5.97 Å².